The number of carbonyl (C=O) groups excluding carboxylic acids is 1. The number of rotatable bonds is 4. The molecule has 1 saturated heterocycles. The Balaban J connectivity index is 1.65. The van der Waals surface area contributed by atoms with Crippen molar-refractivity contribution >= 4 is 32.0 Å². The average Bonchev–Trinajstić information content (AvgIpc) is 3.04. The lowest BCUT2D eigenvalue weighted by Gasteiger charge is -2.23. The molecule has 1 aliphatic heterocycles. The molecule has 1 heterocycles. The number of alkyl halides is 3. The third-order valence-electron chi connectivity index (χ3n) is 4.61. The molecule has 5 atom stereocenters. The summed E-state index contributed by atoms with van der Waals surface area (Å²) in [5, 5.41) is 10.5. The van der Waals surface area contributed by atoms with Gasteiger partial charge in [0.25, 0.3) is 10.1 Å². The number of ether oxygens (including phenoxy) is 1. The molecule has 0 radical (unpaired) electrons. The fraction of sp³-hybridized carbons (Fsp3) is 0.818. The summed E-state index contributed by atoms with van der Waals surface area (Å²) < 4.78 is 92.6. The molecule has 2 saturated carbocycles. The molecule has 5 unspecified atom stereocenters. The third-order valence-corrected chi connectivity index (χ3v) is 7.41. The first kappa shape index (κ1) is 18.4. The second-order valence-electron chi connectivity index (χ2n) is 6.03. The molecule has 9 nitrogen and oxygen atoms in total. The van der Waals surface area contributed by atoms with Crippen molar-refractivity contribution in [3.8, 4) is 0 Å². The van der Waals surface area contributed by atoms with Crippen LogP contribution in [0.25, 0.3) is 0 Å². The van der Waals surface area contributed by atoms with Gasteiger partial charge in [-0.15, -0.1) is 0 Å². The molecule has 0 aromatic rings. The van der Waals surface area contributed by atoms with Crippen LogP contribution in [-0.4, -0.2) is 52.2 Å². The number of hydrogen-bond acceptors (Lipinski definition) is 8. The van der Waals surface area contributed by atoms with Gasteiger partial charge in [0.1, 0.15) is 6.61 Å². The van der Waals surface area contributed by atoms with Crippen molar-refractivity contribution in [1.29, 1.82) is 0 Å². The lowest BCUT2D eigenvalue weighted by molar-refractivity contribution is -0.223. The Labute approximate surface area is 140 Å². The van der Waals surface area contributed by atoms with Crippen molar-refractivity contribution in [3.05, 3.63) is 0 Å². The average molecular weight is 406 g/mol. The summed E-state index contributed by atoms with van der Waals surface area (Å²) in [6, 6.07) is 0. The number of halogens is 3. The van der Waals surface area contributed by atoms with Crippen molar-refractivity contribution in [1.82, 2.24) is 0 Å². The molecule has 0 N–H and O–H groups in total. The topological polar surface area (TPSA) is 139 Å². The Kier molecular flexibility index (Phi) is 4.07. The molecule has 0 aromatic carbocycles. The molecule has 0 spiro atoms. The second-order valence-corrected chi connectivity index (χ2v) is 9.41. The number of carbonyl (C=O) groups is 1. The van der Waals surface area contributed by atoms with Gasteiger partial charge in [0, 0.05) is 11.8 Å². The predicted octanol–water partition coefficient (Wildman–Crippen LogP) is -1.11. The summed E-state index contributed by atoms with van der Waals surface area (Å²) in [5.41, 5.74) is -5.74. The van der Waals surface area contributed by atoms with Crippen molar-refractivity contribution < 1.29 is 48.8 Å². The first-order valence-corrected chi connectivity index (χ1v) is 9.90. The first-order chi connectivity index (χ1) is 11.3. The van der Waals surface area contributed by atoms with E-state index in [0.717, 1.165) is 0 Å². The molecule has 142 valence electrons. The van der Waals surface area contributed by atoms with Crippen LogP contribution < -0.4 is 5.11 Å². The molecule has 14 heteroatoms. The molecule has 0 aromatic heterocycles. The van der Waals surface area contributed by atoms with Gasteiger partial charge in [-0.3, -0.25) is 8.98 Å². The van der Waals surface area contributed by atoms with Crippen LogP contribution in [0.4, 0.5) is 13.2 Å². The normalized spacial score (nSPS) is 36.6. The zero-order chi connectivity index (χ0) is 18.8. The molecule has 0 amide bonds. The Morgan fingerprint density at radius 3 is 2.56 bits per heavy atom. The minimum absolute atomic E-state index is 0.198. The highest BCUT2D eigenvalue weighted by Crippen LogP contribution is 2.57. The van der Waals surface area contributed by atoms with E-state index in [0.29, 0.717) is 6.42 Å². The summed E-state index contributed by atoms with van der Waals surface area (Å²) >= 11 is 0. The highest BCUT2D eigenvalue weighted by Gasteiger charge is 2.66. The first-order valence-electron chi connectivity index (χ1n) is 6.99. The SMILES string of the molecule is O=C(OC/C([O-])=N/S(=O)(=O)C(F)(F)F)C1C2CC3C1OS(=O)(=O)C3C2. The Bertz CT molecular complexity index is 834. The maximum atomic E-state index is 12.1. The van der Waals surface area contributed by atoms with Crippen LogP contribution in [0.1, 0.15) is 12.8 Å². The maximum Gasteiger partial charge on any atom is 0.518 e. The Morgan fingerprint density at radius 2 is 1.96 bits per heavy atom. The van der Waals surface area contributed by atoms with Crippen LogP contribution >= 0.6 is 0 Å². The van der Waals surface area contributed by atoms with Gasteiger partial charge in [0.2, 0.25) is 0 Å². The summed E-state index contributed by atoms with van der Waals surface area (Å²) in [6.45, 7) is -1.30. The maximum absolute atomic E-state index is 12.1. The Morgan fingerprint density at radius 1 is 1.32 bits per heavy atom. The molecular formula is C11H11F3NO8S2-. The minimum Gasteiger partial charge on any atom is -0.859 e. The largest absolute Gasteiger partial charge is 0.859 e. The summed E-state index contributed by atoms with van der Waals surface area (Å²) in [6.07, 6.45) is -0.300. The van der Waals surface area contributed by atoms with Crippen LogP contribution in [0.2, 0.25) is 0 Å². The van der Waals surface area contributed by atoms with E-state index in [2.05, 4.69) is 4.74 Å². The van der Waals surface area contributed by atoms with E-state index >= 15 is 0 Å². The van der Waals surface area contributed by atoms with E-state index in [4.69, 9.17) is 4.18 Å². The second kappa shape index (κ2) is 5.54. The molecule has 2 bridgehead atoms. The van der Waals surface area contributed by atoms with E-state index in [1.165, 1.54) is 0 Å². The Hall–Kier alpha value is -1.41. The van der Waals surface area contributed by atoms with Crippen molar-refractivity contribution in [2.75, 3.05) is 6.61 Å². The van der Waals surface area contributed by atoms with Gasteiger partial charge in [0.15, 0.2) is 0 Å². The van der Waals surface area contributed by atoms with E-state index in [9.17, 15) is 39.9 Å². The van der Waals surface area contributed by atoms with E-state index in [1.807, 2.05) is 4.40 Å². The predicted molar refractivity (Wildman–Crippen MR) is 70.7 cm³/mol. The zero-order valence-electron chi connectivity index (χ0n) is 12.2. The van der Waals surface area contributed by atoms with E-state index < -0.39 is 61.4 Å². The van der Waals surface area contributed by atoms with E-state index in [1.54, 1.807) is 0 Å². The number of hydrogen-bond donors (Lipinski definition) is 0. The fourth-order valence-corrected chi connectivity index (χ4v) is 6.02. The lowest BCUT2D eigenvalue weighted by atomic mass is 9.86. The number of sulfonamides is 1. The van der Waals surface area contributed by atoms with Crippen molar-refractivity contribution in [2.45, 2.75) is 29.7 Å². The van der Waals surface area contributed by atoms with Gasteiger partial charge >= 0.3 is 21.5 Å². The van der Waals surface area contributed by atoms with Crippen molar-refractivity contribution in [2.24, 2.45) is 22.2 Å². The molecule has 2 aliphatic carbocycles. The quantitative estimate of drug-likeness (QED) is 0.248. The monoisotopic (exact) mass is 406 g/mol. The summed E-state index contributed by atoms with van der Waals surface area (Å²) in [4.78, 5) is 12.0. The van der Waals surface area contributed by atoms with Crippen LogP contribution in [-0.2, 0) is 33.9 Å². The molecular weight excluding hydrogens is 395 g/mol. The van der Waals surface area contributed by atoms with Gasteiger partial charge in [-0.1, -0.05) is 0 Å². The van der Waals surface area contributed by atoms with Crippen LogP contribution in [0.5, 0.6) is 0 Å². The molecule has 3 aliphatic rings. The number of fused-ring (bicyclic) bond motifs is 1. The van der Waals surface area contributed by atoms with Gasteiger partial charge in [0.05, 0.1) is 17.3 Å². The fourth-order valence-electron chi connectivity index (χ4n) is 3.70. The standard InChI is InChI=1S/C11H12F3NO8S2/c12-11(13,14)25(20,21)15-7(16)3-22-10(17)8-4-1-5-6(2-4)24(18,19)23-9(5)8/h4-6,8-9H,1-3H2,(H,15,16)/p-1. The van der Waals surface area contributed by atoms with Crippen LogP contribution in [0, 0.1) is 17.8 Å². The van der Waals surface area contributed by atoms with Crippen molar-refractivity contribution in [3.63, 3.8) is 0 Å². The third kappa shape index (κ3) is 2.99. The van der Waals surface area contributed by atoms with E-state index in [-0.39, 0.29) is 18.3 Å². The highest BCUT2D eigenvalue weighted by atomic mass is 32.2. The van der Waals surface area contributed by atoms with Gasteiger partial charge in [-0.2, -0.15) is 34.4 Å². The zero-order valence-corrected chi connectivity index (χ0v) is 13.8. The smallest absolute Gasteiger partial charge is 0.518 e. The van der Waals surface area contributed by atoms with Crippen LogP contribution in [0.3, 0.4) is 0 Å². The molecule has 25 heavy (non-hydrogen) atoms. The van der Waals surface area contributed by atoms with Gasteiger partial charge < -0.3 is 9.84 Å². The minimum atomic E-state index is -6.02. The number of esters is 1. The van der Waals surface area contributed by atoms with Gasteiger partial charge in [-0.25, -0.2) is 0 Å². The summed E-state index contributed by atoms with van der Waals surface area (Å²) in [7, 11) is -9.78. The molecule has 3 rings (SSSR count). The molecule has 3 fully saturated rings. The lowest BCUT2D eigenvalue weighted by Crippen LogP contribution is -2.37. The number of nitrogens with zero attached hydrogens (tertiary/aromatic N) is 1. The van der Waals surface area contributed by atoms with Crippen LogP contribution in [0.15, 0.2) is 4.40 Å². The highest BCUT2D eigenvalue weighted by molar-refractivity contribution is 7.91. The van der Waals surface area contributed by atoms with Gasteiger partial charge in [-0.05, 0) is 18.8 Å². The summed E-state index contributed by atoms with van der Waals surface area (Å²) in [5.74, 6) is -4.49.